The van der Waals surface area contributed by atoms with E-state index in [9.17, 15) is 0 Å². The molecule has 0 N–H and O–H groups in total. The molecule has 0 amide bonds. The van der Waals surface area contributed by atoms with Crippen molar-refractivity contribution in [2.24, 2.45) is 0 Å². The van der Waals surface area contributed by atoms with Crippen molar-refractivity contribution in [1.29, 1.82) is 0 Å². The highest BCUT2D eigenvalue weighted by Gasteiger charge is 2.47. The summed E-state index contributed by atoms with van der Waals surface area (Å²) >= 11 is 0. The molecule has 0 saturated carbocycles. The molecule has 3 aliphatic heterocycles. The lowest BCUT2D eigenvalue weighted by atomic mass is 9.33. The number of rotatable bonds is 3. The van der Waals surface area contributed by atoms with Crippen LogP contribution in [0.25, 0.3) is 55.3 Å². The molecule has 0 spiro atoms. The molecule has 1 aromatic heterocycles. The molecule has 0 fully saturated rings. The van der Waals surface area contributed by atoms with Gasteiger partial charge in [-0.05, 0) is 70.8 Å². The van der Waals surface area contributed by atoms with Crippen LogP contribution in [0.5, 0.6) is 34.5 Å². The minimum absolute atomic E-state index is 0.0432. The van der Waals surface area contributed by atoms with E-state index in [1.54, 1.807) is 0 Å². The molecule has 0 atom stereocenters. The second-order valence-corrected chi connectivity index (χ2v) is 12.3. The molecule has 0 aliphatic carbocycles. The summed E-state index contributed by atoms with van der Waals surface area (Å²) in [5, 5.41) is 2.20. The van der Waals surface area contributed by atoms with Crippen LogP contribution in [0, 0.1) is 0 Å². The van der Waals surface area contributed by atoms with Gasteiger partial charge in [0, 0.05) is 38.3 Å². The van der Waals surface area contributed by atoms with Crippen molar-refractivity contribution >= 4 is 45.0 Å². The summed E-state index contributed by atoms with van der Waals surface area (Å²) < 4.78 is 26.3. The van der Waals surface area contributed by atoms with Crippen molar-refractivity contribution in [2.45, 2.75) is 0 Å². The molecule has 5 heteroatoms. The number of hydrogen-bond donors (Lipinski definition) is 0. The van der Waals surface area contributed by atoms with Gasteiger partial charge < -0.3 is 18.6 Å². The number of ether oxygens (including phenoxy) is 3. The van der Waals surface area contributed by atoms with Crippen LogP contribution in [0.15, 0.2) is 144 Å². The maximum absolute atomic E-state index is 6.83. The van der Waals surface area contributed by atoms with Crippen LogP contribution >= 0.6 is 0 Å². The molecular formula is C42H23BO4. The third kappa shape index (κ3) is 3.43. The lowest BCUT2D eigenvalue weighted by molar-refractivity contribution is 0.443. The van der Waals surface area contributed by atoms with E-state index < -0.39 is 0 Å². The molecule has 8 aromatic rings. The van der Waals surface area contributed by atoms with E-state index in [-0.39, 0.29) is 6.71 Å². The fourth-order valence-electron chi connectivity index (χ4n) is 7.79. The Morgan fingerprint density at radius 2 is 1.00 bits per heavy atom. The van der Waals surface area contributed by atoms with Crippen LogP contribution < -0.4 is 30.6 Å². The molecular weight excluding hydrogens is 579 g/mol. The number of benzene rings is 7. The van der Waals surface area contributed by atoms with Gasteiger partial charge in [0.2, 0.25) is 0 Å². The summed E-state index contributed by atoms with van der Waals surface area (Å²) in [4.78, 5) is 0. The molecule has 4 nitrogen and oxygen atoms in total. The van der Waals surface area contributed by atoms with Gasteiger partial charge in [0.05, 0.1) is 0 Å². The fraction of sp³-hybridized carbons (Fsp3) is 0. The Morgan fingerprint density at radius 1 is 0.383 bits per heavy atom. The van der Waals surface area contributed by atoms with Crippen LogP contribution in [-0.4, -0.2) is 6.71 Å². The van der Waals surface area contributed by atoms with Crippen molar-refractivity contribution in [2.75, 3.05) is 0 Å². The van der Waals surface area contributed by atoms with Crippen LogP contribution in [0.1, 0.15) is 0 Å². The maximum atomic E-state index is 6.83. The first kappa shape index (κ1) is 25.0. The van der Waals surface area contributed by atoms with Gasteiger partial charge in [-0.2, -0.15) is 0 Å². The van der Waals surface area contributed by atoms with Gasteiger partial charge in [0.15, 0.2) is 0 Å². The Morgan fingerprint density at radius 3 is 1.74 bits per heavy atom. The monoisotopic (exact) mass is 602 g/mol. The third-order valence-corrected chi connectivity index (χ3v) is 9.84. The number of hydrogen-bond acceptors (Lipinski definition) is 4. The van der Waals surface area contributed by atoms with Gasteiger partial charge in [-0.25, -0.2) is 0 Å². The summed E-state index contributed by atoms with van der Waals surface area (Å²) in [6.07, 6.45) is 0. The Hall–Kier alpha value is -6.20. The molecule has 4 heterocycles. The molecule has 0 unspecified atom stereocenters. The highest BCUT2D eigenvalue weighted by Crippen LogP contribution is 2.47. The van der Waals surface area contributed by atoms with E-state index >= 15 is 0 Å². The normalized spacial score (nSPS) is 13.1. The summed E-state index contributed by atoms with van der Waals surface area (Å²) in [6.45, 7) is -0.0432. The van der Waals surface area contributed by atoms with Crippen molar-refractivity contribution < 1.29 is 18.6 Å². The summed E-state index contributed by atoms with van der Waals surface area (Å²) in [5.74, 6) is 4.92. The van der Waals surface area contributed by atoms with Gasteiger partial charge in [-0.1, -0.05) is 91.0 Å². The minimum Gasteiger partial charge on any atom is -0.458 e. The lowest BCUT2D eigenvalue weighted by Crippen LogP contribution is -2.59. The predicted molar refractivity (Wildman–Crippen MR) is 188 cm³/mol. The number of para-hydroxylation sites is 1. The summed E-state index contributed by atoms with van der Waals surface area (Å²) in [6, 6.07) is 48.2. The van der Waals surface area contributed by atoms with E-state index in [0.29, 0.717) is 0 Å². The second-order valence-electron chi connectivity index (χ2n) is 12.3. The van der Waals surface area contributed by atoms with Crippen molar-refractivity contribution in [3.8, 4) is 67.9 Å². The molecule has 0 radical (unpaired) electrons. The minimum atomic E-state index is -0.0432. The summed E-state index contributed by atoms with van der Waals surface area (Å²) in [5.41, 5.74) is 11.4. The smallest absolute Gasteiger partial charge is 0.270 e. The van der Waals surface area contributed by atoms with Gasteiger partial charge in [0.1, 0.15) is 45.7 Å². The standard InChI is InChI=1S/C42H23BO4/c1-2-9-24(10-3-1)25-19-21-32-31(23-25)29-14-6-13-28(41(29)46-32)26-11-4-5-12-27(26)30-20-22-37-40-42(30)47-36-18-8-17-35-39(36)43(40)38-33(44-35)15-7-16-34(38)45-37/h1-23H. The molecule has 0 bridgehead atoms. The Labute approximate surface area is 270 Å². The van der Waals surface area contributed by atoms with Gasteiger partial charge in [-0.15, -0.1) is 0 Å². The molecule has 11 rings (SSSR count). The second kappa shape index (κ2) is 9.18. The zero-order valence-electron chi connectivity index (χ0n) is 25.0. The highest BCUT2D eigenvalue weighted by atomic mass is 16.5. The topological polar surface area (TPSA) is 40.8 Å². The first-order chi connectivity index (χ1) is 23.3. The van der Waals surface area contributed by atoms with Crippen molar-refractivity contribution in [3.05, 3.63) is 140 Å². The van der Waals surface area contributed by atoms with E-state index in [1.807, 2.05) is 42.5 Å². The van der Waals surface area contributed by atoms with Gasteiger partial charge in [-0.3, -0.25) is 0 Å². The average molecular weight is 602 g/mol. The first-order valence-electron chi connectivity index (χ1n) is 15.9. The molecule has 0 saturated heterocycles. The quantitative estimate of drug-likeness (QED) is 0.189. The van der Waals surface area contributed by atoms with Crippen LogP contribution in [-0.2, 0) is 0 Å². The van der Waals surface area contributed by atoms with Crippen molar-refractivity contribution in [1.82, 2.24) is 0 Å². The predicted octanol–water partition coefficient (Wildman–Crippen LogP) is 9.42. The largest absolute Gasteiger partial charge is 0.458 e. The van der Waals surface area contributed by atoms with Crippen LogP contribution in [0.4, 0.5) is 0 Å². The van der Waals surface area contributed by atoms with E-state index in [0.717, 1.165) is 95.1 Å². The zero-order chi connectivity index (χ0) is 30.6. The lowest BCUT2D eigenvalue weighted by Gasteiger charge is -2.38. The SMILES string of the molecule is c1ccc(-c2ccc3oc4c(-c5ccccc5-c5ccc6c7c5Oc5cccc8c5B7c5c(cccc5O6)O8)cccc4c3c2)cc1. The van der Waals surface area contributed by atoms with E-state index in [2.05, 4.69) is 97.1 Å². The number of furan rings is 1. The fourth-order valence-corrected chi connectivity index (χ4v) is 7.79. The molecule has 218 valence electrons. The first-order valence-corrected chi connectivity index (χ1v) is 15.9. The Bertz CT molecular complexity index is 2590. The van der Waals surface area contributed by atoms with Crippen molar-refractivity contribution in [3.63, 3.8) is 0 Å². The van der Waals surface area contributed by atoms with E-state index in [1.165, 1.54) is 11.1 Å². The Kier molecular flexibility index (Phi) is 4.89. The van der Waals surface area contributed by atoms with Crippen LogP contribution in [0.3, 0.4) is 0 Å². The molecule has 47 heavy (non-hydrogen) atoms. The van der Waals surface area contributed by atoms with Gasteiger partial charge in [0.25, 0.3) is 6.71 Å². The number of fused-ring (bicyclic) bond motifs is 3. The third-order valence-electron chi connectivity index (χ3n) is 9.84. The van der Waals surface area contributed by atoms with E-state index in [4.69, 9.17) is 18.6 Å². The van der Waals surface area contributed by atoms with Gasteiger partial charge >= 0.3 is 0 Å². The summed E-state index contributed by atoms with van der Waals surface area (Å²) in [7, 11) is 0. The highest BCUT2D eigenvalue weighted by molar-refractivity contribution is 6.99. The molecule has 7 aromatic carbocycles. The zero-order valence-corrected chi connectivity index (χ0v) is 25.0. The molecule has 3 aliphatic rings. The average Bonchev–Trinajstić information content (AvgIpc) is 3.51. The Balaban J connectivity index is 1.12. The maximum Gasteiger partial charge on any atom is 0.270 e. The van der Waals surface area contributed by atoms with Crippen LogP contribution in [0.2, 0.25) is 0 Å².